The molecule has 5 heteroatoms. The van der Waals surface area contributed by atoms with Crippen molar-refractivity contribution in [1.82, 2.24) is 19.6 Å². The lowest BCUT2D eigenvalue weighted by atomic mass is 9.75. The minimum absolute atomic E-state index is 0.524. The van der Waals surface area contributed by atoms with Gasteiger partial charge in [-0.1, -0.05) is 18.2 Å². The van der Waals surface area contributed by atoms with Crippen molar-refractivity contribution in [2.24, 2.45) is 5.92 Å². The van der Waals surface area contributed by atoms with Crippen LogP contribution in [-0.4, -0.2) is 58.4 Å². The number of ether oxygens (including phenoxy) is 1. The monoisotopic (exact) mass is 366 g/mol. The molecule has 4 aliphatic heterocycles. The number of piperidine rings is 3. The van der Waals surface area contributed by atoms with E-state index in [0.29, 0.717) is 18.0 Å². The first-order valence-corrected chi connectivity index (χ1v) is 10.4. The Morgan fingerprint density at radius 3 is 2.70 bits per heavy atom. The average Bonchev–Trinajstić information content (AvgIpc) is 3.35. The normalized spacial score (nSPS) is 32.6. The third-order valence-corrected chi connectivity index (χ3v) is 7.03. The molecule has 6 rings (SSSR count). The van der Waals surface area contributed by atoms with Crippen LogP contribution < -0.4 is 4.74 Å². The maximum Gasteiger partial charge on any atom is 0.122 e. The van der Waals surface area contributed by atoms with E-state index in [-0.39, 0.29) is 0 Å². The van der Waals surface area contributed by atoms with Crippen LogP contribution in [0.5, 0.6) is 5.75 Å². The molecule has 0 amide bonds. The molecule has 27 heavy (non-hydrogen) atoms. The molecule has 1 aromatic heterocycles. The fourth-order valence-corrected chi connectivity index (χ4v) is 5.86. The van der Waals surface area contributed by atoms with E-state index in [2.05, 4.69) is 58.5 Å². The highest BCUT2D eigenvalue weighted by atomic mass is 16.5. The van der Waals surface area contributed by atoms with Gasteiger partial charge in [0.2, 0.25) is 0 Å². The van der Waals surface area contributed by atoms with Gasteiger partial charge in [0.25, 0.3) is 0 Å². The number of aromatic nitrogens is 2. The molecule has 5 nitrogen and oxygen atoms in total. The molecule has 4 saturated heterocycles. The fraction of sp³-hybridized carbons (Fsp3) is 0.591. The van der Waals surface area contributed by atoms with Gasteiger partial charge >= 0.3 is 0 Å². The quantitative estimate of drug-likeness (QED) is 0.815. The number of aryl methyl sites for hydroxylation is 1. The summed E-state index contributed by atoms with van der Waals surface area (Å²) in [4.78, 5) is 5.51. The average molecular weight is 367 g/mol. The first kappa shape index (κ1) is 17.3. The van der Waals surface area contributed by atoms with Gasteiger partial charge in [0.05, 0.1) is 13.3 Å². The Bertz CT molecular complexity index is 795. The summed E-state index contributed by atoms with van der Waals surface area (Å²) in [6.45, 7) is 7.73. The van der Waals surface area contributed by atoms with Gasteiger partial charge < -0.3 is 4.74 Å². The largest absolute Gasteiger partial charge is 0.496 e. The number of benzene rings is 1. The fourth-order valence-electron chi connectivity index (χ4n) is 5.86. The standard InChI is InChI=1S/C22H30N4O/c1-3-26-14-16(12-23-26)13-25-15-19(18-6-4-5-7-20(18)27-2)22-21(25)17-8-10-24(22)11-9-17/h4-7,12,14,17,19,21-22H,3,8-11,13,15H2,1-2H3/t19-,21-,22-/m1/s1. The Labute approximate surface area is 161 Å². The molecule has 0 saturated carbocycles. The minimum atomic E-state index is 0.524. The number of para-hydroxylation sites is 1. The van der Waals surface area contributed by atoms with Crippen LogP contribution >= 0.6 is 0 Å². The molecule has 0 radical (unpaired) electrons. The Balaban J connectivity index is 1.48. The van der Waals surface area contributed by atoms with E-state index in [9.17, 15) is 0 Å². The Morgan fingerprint density at radius 2 is 1.96 bits per heavy atom. The third kappa shape index (κ3) is 2.88. The van der Waals surface area contributed by atoms with Gasteiger partial charge in [-0.3, -0.25) is 14.5 Å². The lowest BCUT2D eigenvalue weighted by molar-refractivity contribution is -0.00879. The summed E-state index contributed by atoms with van der Waals surface area (Å²) in [6.07, 6.45) is 6.97. The van der Waals surface area contributed by atoms with Crippen molar-refractivity contribution < 1.29 is 4.74 Å². The van der Waals surface area contributed by atoms with E-state index < -0.39 is 0 Å². The SMILES string of the molecule is CCn1cc(CN2C[C@H](c3ccccc3OC)[C@@H]3[C@H]2C2CCN3CC2)cn1. The number of rotatable bonds is 5. The Kier molecular flexibility index (Phi) is 4.44. The van der Waals surface area contributed by atoms with E-state index in [1.54, 1.807) is 7.11 Å². The van der Waals surface area contributed by atoms with Gasteiger partial charge in [0.15, 0.2) is 0 Å². The van der Waals surface area contributed by atoms with Crippen molar-refractivity contribution in [2.75, 3.05) is 26.7 Å². The van der Waals surface area contributed by atoms with Crippen molar-refractivity contribution in [2.45, 2.75) is 50.9 Å². The molecule has 0 spiro atoms. The Hall–Kier alpha value is -1.85. The van der Waals surface area contributed by atoms with E-state index in [1.165, 1.54) is 37.1 Å². The molecule has 144 valence electrons. The molecular weight excluding hydrogens is 336 g/mol. The van der Waals surface area contributed by atoms with Gasteiger partial charge in [-0.2, -0.15) is 5.10 Å². The number of fused-ring (bicyclic) bond motifs is 2. The van der Waals surface area contributed by atoms with Crippen LogP contribution in [0.25, 0.3) is 0 Å². The summed E-state index contributed by atoms with van der Waals surface area (Å²) in [5, 5.41) is 4.49. The summed E-state index contributed by atoms with van der Waals surface area (Å²) in [7, 11) is 1.80. The van der Waals surface area contributed by atoms with Crippen LogP contribution in [0, 0.1) is 5.92 Å². The summed E-state index contributed by atoms with van der Waals surface area (Å²) in [6, 6.07) is 9.93. The van der Waals surface area contributed by atoms with E-state index in [0.717, 1.165) is 31.3 Å². The molecule has 2 aromatic rings. The zero-order chi connectivity index (χ0) is 18.4. The third-order valence-electron chi connectivity index (χ3n) is 7.03. The van der Waals surface area contributed by atoms with Crippen LogP contribution in [0.2, 0.25) is 0 Å². The van der Waals surface area contributed by atoms with E-state index >= 15 is 0 Å². The molecule has 5 heterocycles. The van der Waals surface area contributed by atoms with Crippen molar-refractivity contribution in [3.05, 3.63) is 47.8 Å². The summed E-state index contributed by atoms with van der Waals surface area (Å²) in [5.74, 6) is 2.40. The van der Waals surface area contributed by atoms with Gasteiger partial charge in [0.1, 0.15) is 5.75 Å². The highest BCUT2D eigenvalue weighted by Gasteiger charge is 2.53. The highest BCUT2D eigenvalue weighted by Crippen LogP contribution is 2.48. The second-order valence-corrected chi connectivity index (χ2v) is 8.34. The predicted octanol–water partition coefficient (Wildman–Crippen LogP) is 2.97. The van der Waals surface area contributed by atoms with E-state index in [1.807, 2.05) is 4.68 Å². The smallest absolute Gasteiger partial charge is 0.122 e. The second kappa shape index (κ2) is 6.95. The highest BCUT2D eigenvalue weighted by molar-refractivity contribution is 5.39. The second-order valence-electron chi connectivity index (χ2n) is 8.34. The molecule has 0 aliphatic carbocycles. The van der Waals surface area contributed by atoms with Crippen molar-refractivity contribution >= 4 is 0 Å². The van der Waals surface area contributed by atoms with Crippen molar-refractivity contribution in [1.29, 1.82) is 0 Å². The summed E-state index contributed by atoms with van der Waals surface area (Å²) < 4.78 is 7.78. The predicted molar refractivity (Wildman–Crippen MR) is 106 cm³/mol. The maximum atomic E-state index is 5.74. The van der Waals surface area contributed by atoms with Crippen LogP contribution in [0.4, 0.5) is 0 Å². The van der Waals surface area contributed by atoms with Crippen molar-refractivity contribution in [3.63, 3.8) is 0 Å². The Morgan fingerprint density at radius 1 is 1.15 bits per heavy atom. The lowest BCUT2D eigenvalue weighted by Gasteiger charge is -2.51. The summed E-state index contributed by atoms with van der Waals surface area (Å²) in [5.41, 5.74) is 2.72. The van der Waals surface area contributed by atoms with Gasteiger partial charge in [-0.25, -0.2) is 0 Å². The zero-order valence-corrected chi connectivity index (χ0v) is 16.4. The molecule has 4 fully saturated rings. The first-order chi connectivity index (χ1) is 13.3. The van der Waals surface area contributed by atoms with Gasteiger partial charge in [-0.15, -0.1) is 0 Å². The van der Waals surface area contributed by atoms with Crippen molar-refractivity contribution in [3.8, 4) is 5.75 Å². The molecule has 0 N–H and O–H groups in total. The van der Waals surface area contributed by atoms with Gasteiger partial charge in [0, 0.05) is 55.0 Å². The van der Waals surface area contributed by atoms with Crippen LogP contribution in [0.1, 0.15) is 36.8 Å². The molecule has 4 aliphatic rings. The first-order valence-electron chi connectivity index (χ1n) is 10.4. The zero-order valence-electron chi connectivity index (χ0n) is 16.4. The number of hydrogen-bond donors (Lipinski definition) is 0. The topological polar surface area (TPSA) is 33.5 Å². The van der Waals surface area contributed by atoms with Crippen LogP contribution in [-0.2, 0) is 13.1 Å². The summed E-state index contributed by atoms with van der Waals surface area (Å²) >= 11 is 0. The van der Waals surface area contributed by atoms with E-state index in [4.69, 9.17) is 4.74 Å². The molecule has 2 bridgehead atoms. The van der Waals surface area contributed by atoms with Gasteiger partial charge in [-0.05, 0) is 44.8 Å². The lowest BCUT2D eigenvalue weighted by Crippen LogP contribution is -2.59. The number of likely N-dealkylation sites (tertiary alicyclic amines) is 1. The maximum absolute atomic E-state index is 5.74. The molecular formula is C22H30N4O. The number of nitrogens with zero attached hydrogens (tertiary/aromatic N) is 4. The molecule has 3 atom stereocenters. The number of hydrogen-bond acceptors (Lipinski definition) is 4. The van der Waals surface area contributed by atoms with Crippen LogP contribution in [0.15, 0.2) is 36.7 Å². The number of methoxy groups -OCH3 is 1. The minimum Gasteiger partial charge on any atom is -0.496 e. The van der Waals surface area contributed by atoms with Crippen LogP contribution in [0.3, 0.4) is 0 Å². The molecule has 0 unspecified atom stereocenters. The molecule has 1 aromatic carbocycles.